The summed E-state index contributed by atoms with van der Waals surface area (Å²) in [5.41, 5.74) is 0.176. The number of aromatic nitrogens is 3. The first-order valence-corrected chi connectivity index (χ1v) is 6.88. The van der Waals surface area contributed by atoms with Crippen molar-refractivity contribution < 1.29 is 0 Å². The quantitative estimate of drug-likeness (QED) is 0.875. The summed E-state index contributed by atoms with van der Waals surface area (Å²) in [7, 11) is 0. The van der Waals surface area contributed by atoms with Gasteiger partial charge < -0.3 is 5.32 Å². The summed E-state index contributed by atoms with van der Waals surface area (Å²) in [5.74, 6) is 1.08. The standard InChI is InChI=1S/C13H25N5/c1-5-6-18-12(15-10-16-18)8-17-7-11(2)14-9-13(17,3)4/h10-11,14H,5-9H2,1-4H3. The molecule has 0 bridgehead atoms. The number of rotatable bonds is 4. The fourth-order valence-corrected chi connectivity index (χ4v) is 2.44. The van der Waals surface area contributed by atoms with Crippen LogP contribution in [0.25, 0.3) is 0 Å². The molecule has 0 spiro atoms. The highest BCUT2D eigenvalue weighted by molar-refractivity contribution is 4.95. The summed E-state index contributed by atoms with van der Waals surface area (Å²) in [6, 6.07) is 0.542. The van der Waals surface area contributed by atoms with Crippen LogP contribution in [-0.2, 0) is 13.1 Å². The van der Waals surface area contributed by atoms with Gasteiger partial charge >= 0.3 is 0 Å². The predicted octanol–water partition coefficient (Wildman–Crippen LogP) is 1.26. The van der Waals surface area contributed by atoms with Crippen molar-refractivity contribution >= 4 is 0 Å². The maximum atomic E-state index is 4.41. The highest BCUT2D eigenvalue weighted by Crippen LogP contribution is 2.20. The van der Waals surface area contributed by atoms with E-state index < -0.39 is 0 Å². The number of nitrogens with zero attached hydrogens (tertiary/aromatic N) is 4. The molecule has 5 heteroatoms. The summed E-state index contributed by atoms with van der Waals surface area (Å²) >= 11 is 0. The van der Waals surface area contributed by atoms with Gasteiger partial charge in [0.1, 0.15) is 12.2 Å². The van der Waals surface area contributed by atoms with Crippen molar-refractivity contribution in [2.24, 2.45) is 0 Å². The van der Waals surface area contributed by atoms with E-state index in [0.29, 0.717) is 6.04 Å². The first-order valence-electron chi connectivity index (χ1n) is 6.88. The maximum absolute atomic E-state index is 4.41. The Morgan fingerprint density at radius 3 is 3.00 bits per heavy atom. The van der Waals surface area contributed by atoms with E-state index in [1.165, 1.54) is 0 Å². The van der Waals surface area contributed by atoms with Gasteiger partial charge in [0.15, 0.2) is 0 Å². The van der Waals surface area contributed by atoms with Crippen molar-refractivity contribution in [3.63, 3.8) is 0 Å². The van der Waals surface area contributed by atoms with Gasteiger partial charge in [-0.05, 0) is 27.2 Å². The van der Waals surface area contributed by atoms with E-state index in [1.54, 1.807) is 6.33 Å². The van der Waals surface area contributed by atoms with E-state index >= 15 is 0 Å². The number of aryl methyl sites for hydroxylation is 1. The van der Waals surface area contributed by atoms with Gasteiger partial charge in [-0.2, -0.15) is 5.10 Å². The van der Waals surface area contributed by atoms with E-state index in [9.17, 15) is 0 Å². The summed E-state index contributed by atoms with van der Waals surface area (Å²) in [4.78, 5) is 6.91. The van der Waals surface area contributed by atoms with Gasteiger partial charge in [-0.25, -0.2) is 9.67 Å². The van der Waals surface area contributed by atoms with Gasteiger partial charge in [-0.15, -0.1) is 0 Å². The molecule has 0 aliphatic carbocycles. The number of piperazine rings is 1. The summed E-state index contributed by atoms with van der Waals surface area (Å²) in [6.07, 6.45) is 2.77. The van der Waals surface area contributed by atoms with Gasteiger partial charge in [-0.1, -0.05) is 6.92 Å². The van der Waals surface area contributed by atoms with Crippen molar-refractivity contribution in [1.29, 1.82) is 0 Å². The van der Waals surface area contributed by atoms with Crippen LogP contribution in [0.2, 0.25) is 0 Å². The number of hydrogen-bond donors (Lipinski definition) is 1. The van der Waals surface area contributed by atoms with Gasteiger partial charge in [0.2, 0.25) is 0 Å². The van der Waals surface area contributed by atoms with Crippen LogP contribution in [0.1, 0.15) is 39.9 Å². The number of hydrogen-bond acceptors (Lipinski definition) is 4. The predicted molar refractivity (Wildman–Crippen MR) is 72.3 cm³/mol. The van der Waals surface area contributed by atoms with Crippen LogP contribution >= 0.6 is 0 Å². The monoisotopic (exact) mass is 251 g/mol. The van der Waals surface area contributed by atoms with E-state index in [4.69, 9.17) is 0 Å². The zero-order chi connectivity index (χ0) is 13.2. The Kier molecular flexibility index (Phi) is 4.02. The Balaban J connectivity index is 2.08. The molecule has 1 aliphatic rings. The second-order valence-electron chi connectivity index (χ2n) is 5.87. The van der Waals surface area contributed by atoms with Crippen molar-refractivity contribution in [2.75, 3.05) is 13.1 Å². The highest BCUT2D eigenvalue weighted by atomic mass is 15.4. The van der Waals surface area contributed by atoms with E-state index in [0.717, 1.165) is 38.4 Å². The highest BCUT2D eigenvalue weighted by Gasteiger charge is 2.33. The van der Waals surface area contributed by atoms with Crippen LogP contribution in [0.4, 0.5) is 0 Å². The molecule has 0 amide bonds. The normalized spacial score (nSPS) is 24.3. The molecule has 1 aromatic rings. The summed E-state index contributed by atoms with van der Waals surface area (Å²) in [6.45, 7) is 12.9. The van der Waals surface area contributed by atoms with Crippen LogP contribution in [0.5, 0.6) is 0 Å². The molecule has 0 saturated carbocycles. The minimum atomic E-state index is 0.176. The second-order valence-corrected chi connectivity index (χ2v) is 5.87. The maximum Gasteiger partial charge on any atom is 0.141 e. The first-order chi connectivity index (χ1) is 8.53. The fraction of sp³-hybridized carbons (Fsp3) is 0.846. The Labute approximate surface area is 110 Å². The molecular formula is C13H25N5. The lowest BCUT2D eigenvalue weighted by molar-refractivity contribution is 0.0587. The van der Waals surface area contributed by atoms with Gasteiger partial charge in [0, 0.05) is 31.2 Å². The van der Waals surface area contributed by atoms with E-state index in [2.05, 4.69) is 48.0 Å². The fourth-order valence-electron chi connectivity index (χ4n) is 2.44. The minimum Gasteiger partial charge on any atom is -0.311 e. The third kappa shape index (κ3) is 2.90. The van der Waals surface area contributed by atoms with Crippen LogP contribution in [0, 0.1) is 0 Å². The molecule has 1 unspecified atom stereocenters. The molecule has 102 valence electrons. The first kappa shape index (κ1) is 13.5. The lowest BCUT2D eigenvalue weighted by Gasteiger charge is -2.45. The van der Waals surface area contributed by atoms with Gasteiger partial charge in [0.05, 0.1) is 6.54 Å². The molecule has 1 aliphatic heterocycles. The summed E-state index contributed by atoms with van der Waals surface area (Å²) in [5, 5.41) is 7.84. The largest absolute Gasteiger partial charge is 0.311 e. The lowest BCUT2D eigenvalue weighted by atomic mass is 9.98. The smallest absolute Gasteiger partial charge is 0.141 e. The molecule has 5 nitrogen and oxygen atoms in total. The Morgan fingerprint density at radius 1 is 1.50 bits per heavy atom. The Morgan fingerprint density at radius 2 is 2.28 bits per heavy atom. The minimum absolute atomic E-state index is 0.176. The molecule has 1 saturated heterocycles. The molecule has 2 heterocycles. The molecule has 1 fully saturated rings. The van der Waals surface area contributed by atoms with Crippen molar-refractivity contribution in [2.45, 2.75) is 58.8 Å². The molecule has 18 heavy (non-hydrogen) atoms. The molecule has 1 aromatic heterocycles. The van der Waals surface area contributed by atoms with Crippen molar-refractivity contribution in [3.05, 3.63) is 12.2 Å². The summed E-state index contributed by atoms with van der Waals surface area (Å²) < 4.78 is 2.03. The van der Waals surface area contributed by atoms with E-state index in [-0.39, 0.29) is 5.54 Å². The Hall–Kier alpha value is -0.940. The van der Waals surface area contributed by atoms with Crippen molar-refractivity contribution in [3.8, 4) is 0 Å². The van der Waals surface area contributed by atoms with Crippen LogP contribution in [-0.4, -0.2) is 44.3 Å². The van der Waals surface area contributed by atoms with Gasteiger partial charge in [-0.3, -0.25) is 4.90 Å². The second kappa shape index (κ2) is 5.36. The third-order valence-corrected chi connectivity index (χ3v) is 3.70. The molecule has 1 atom stereocenters. The Bertz CT molecular complexity index is 384. The average molecular weight is 251 g/mol. The molecule has 0 aromatic carbocycles. The SMILES string of the molecule is CCCn1ncnc1CN1CC(C)NCC1(C)C. The molecule has 2 rings (SSSR count). The molecule has 0 radical (unpaired) electrons. The van der Waals surface area contributed by atoms with Crippen LogP contribution in [0.3, 0.4) is 0 Å². The topological polar surface area (TPSA) is 46.0 Å². The number of nitrogens with one attached hydrogen (secondary N) is 1. The molecule has 1 N–H and O–H groups in total. The average Bonchev–Trinajstić information content (AvgIpc) is 2.73. The molecular weight excluding hydrogens is 226 g/mol. The third-order valence-electron chi connectivity index (χ3n) is 3.70. The van der Waals surface area contributed by atoms with E-state index in [1.807, 2.05) is 4.68 Å². The van der Waals surface area contributed by atoms with Crippen molar-refractivity contribution in [1.82, 2.24) is 25.0 Å². The zero-order valence-corrected chi connectivity index (χ0v) is 12.0. The lowest BCUT2D eigenvalue weighted by Crippen LogP contribution is -2.60. The van der Waals surface area contributed by atoms with Crippen LogP contribution in [0.15, 0.2) is 6.33 Å². The zero-order valence-electron chi connectivity index (χ0n) is 12.0. The van der Waals surface area contributed by atoms with Gasteiger partial charge in [0.25, 0.3) is 0 Å². The van der Waals surface area contributed by atoms with Crippen LogP contribution < -0.4 is 5.32 Å².